The molecule has 2 heterocycles. The summed E-state index contributed by atoms with van der Waals surface area (Å²) in [5, 5.41) is 16.0. The molecule has 29 heavy (non-hydrogen) atoms. The molecule has 0 unspecified atom stereocenters. The zero-order valence-electron chi connectivity index (χ0n) is 16.1. The minimum Gasteiger partial charge on any atom is -0.385 e. The zero-order chi connectivity index (χ0) is 21.0. The van der Waals surface area contributed by atoms with Gasteiger partial charge in [-0.1, -0.05) is 18.2 Å². The normalized spacial score (nSPS) is 11.0. The van der Waals surface area contributed by atoms with Gasteiger partial charge in [0.05, 0.1) is 16.8 Å². The van der Waals surface area contributed by atoms with E-state index in [0.717, 1.165) is 10.3 Å². The Labute approximate surface area is 165 Å². The molecule has 0 amide bonds. The van der Waals surface area contributed by atoms with Crippen LogP contribution in [0.15, 0.2) is 52.3 Å². The molecular formula is C19H21N5O5. The van der Waals surface area contributed by atoms with Crippen LogP contribution in [0.25, 0.3) is 16.9 Å². The van der Waals surface area contributed by atoms with Crippen LogP contribution in [0.5, 0.6) is 0 Å². The van der Waals surface area contributed by atoms with E-state index in [1.165, 1.54) is 22.6 Å². The second-order valence-corrected chi connectivity index (χ2v) is 6.29. The molecule has 152 valence electrons. The van der Waals surface area contributed by atoms with Gasteiger partial charge in [-0.25, -0.2) is 9.48 Å². The smallest absolute Gasteiger partial charge is 0.358 e. The third-order valence-corrected chi connectivity index (χ3v) is 4.51. The lowest BCUT2D eigenvalue weighted by atomic mass is 10.2. The summed E-state index contributed by atoms with van der Waals surface area (Å²) in [5.74, 6) is 0. The molecule has 1 aromatic carbocycles. The molecule has 0 N–H and O–H groups in total. The van der Waals surface area contributed by atoms with Crippen LogP contribution in [0.2, 0.25) is 0 Å². The van der Waals surface area contributed by atoms with Gasteiger partial charge < -0.3 is 4.74 Å². The molecule has 0 bridgehead atoms. The summed E-state index contributed by atoms with van der Waals surface area (Å²) in [5.41, 5.74) is -1.15. The van der Waals surface area contributed by atoms with Gasteiger partial charge in [-0.3, -0.25) is 24.0 Å². The Hall–Kier alpha value is -3.53. The van der Waals surface area contributed by atoms with Crippen molar-refractivity contribution in [1.29, 1.82) is 0 Å². The van der Waals surface area contributed by atoms with Gasteiger partial charge in [-0.05, 0) is 25.5 Å². The van der Waals surface area contributed by atoms with Crippen LogP contribution in [-0.4, -0.2) is 37.6 Å². The van der Waals surface area contributed by atoms with Crippen molar-refractivity contribution in [3.05, 3.63) is 73.7 Å². The van der Waals surface area contributed by atoms with Gasteiger partial charge in [-0.15, -0.1) is 0 Å². The molecule has 0 spiro atoms. The number of benzene rings is 1. The molecule has 0 aliphatic rings. The van der Waals surface area contributed by atoms with Crippen LogP contribution in [-0.2, 0) is 17.8 Å². The first-order valence-corrected chi connectivity index (χ1v) is 9.11. The Morgan fingerprint density at radius 2 is 1.90 bits per heavy atom. The minimum absolute atomic E-state index is 0.0341. The predicted octanol–water partition coefficient (Wildman–Crippen LogP) is 1.83. The second kappa shape index (κ2) is 8.65. The van der Waals surface area contributed by atoms with Crippen molar-refractivity contribution in [1.82, 2.24) is 18.9 Å². The van der Waals surface area contributed by atoms with E-state index < -0.39 is 21.9 Å². The van der Waals surface area contributed by atoms with E-state index in [1.54, 1.807) is 13.1 Å². The molecule has 3 rings (SSSR count). The van der Waals surface area contributed by atoms with Gasteiger partial charge in [0.2, 0.25) is 0 Å². The summed E-state index contributed by atoms with van der Waals surface area (Å²) in [6, 6.07) is 9.18. The van der Waals surface area contributed by atoms with Crippen molar-refractivity contribution in [2.24, 2.45) is 0 Å². The van der Waals surface area contributed by atoms with Crippen molar-refractivity contribution in [2.75, 3.05) is 13.7 Å². The molecule has 3 aromatic rings. The van der Waals surface area contributed by atoms with Crippen LogP contribution in [0.4, 0.5) is 5.69 Å². The Morgan fingerprint density at radius 1 is 1.17 bits per heavy atom. The van der Waals surface area contributed by atoms with Crippen molar-refractivity contribution >= 4 is 5.69 Å². The number of methoxy groups -OCH3 is 1. The molecule has 2 aromatic heterocycles. The fraction of sp³-hybridized carbons (Fsp3) is 0.316. The molecule has 0 aliphatic heterocycles. The summed E-state index contributed by atoms with van der Waals surface area (Å²) in [7, 11) is 1.53. The van der Waals surface area contributed by atoms with E-state index in [1.807, 2.05) is 30.3 Å². The molecule has 10 heteroatoms. The SMILES string of the molecule is CCn1c(=O)c([N+](=O)[O-])c(-c2cnn(-c3ccccc3)c2)n(CCCOC)c1=O. The molecule has 0 saturated heterocycles. The van der Waals surface area contributed by atoms with Gasteiger partial charge in [-0.2, -0.15) is 5.10 Å². The van der Waals surface area contributed by atoms with Crippen LogP contribution in [0, 0.1) is 10.1 Å². The molecule has 0 radical (unpaired) electrons. The summed E-state index contributed by atoms with van der Waals surface area (Å²) in [4.78, 5) is 36.6. The molecule has 0 atom stereocenters. The lowest BCUT2D eigenvalue weighted by molar-refractivity contribution is -0.386. The van der Waals surface area contributed by atoms with Crippen LogP contribution >= 0.6 is 0 Å². The standard InChI is InChI=1S/C19H21N5O5/c1-3-21-18(25)17(24(27)28)16(22(19(21)26)10-7-11-29-2)14-12-20-23(13-14)15-8-5-4-6-9-15/h4-6,8-9,12-13H,3,7,10-11H2,1-2H3. The van der Waals surface area contributed by atoms with E-state index >= 15 is 0 Å². The highest BCUT2D eigenvalue weighted by molar-refractivity contribution is 5.68. The van der Waals surface area contributed by atoms with E-state index in [-0.39, 0.29) is 18.8 Å². The van der Waals surface area contributed by atoms with Crippen LogP contribution in [0.3, 0.4) is 0 Å². The predicted molar refractivity (Wildman–Crippen MR) is 106 cm³/mol. The first kappa shape index (κ1) is 20.2. The van der Waals surface area contributed by atoms with Gasteiger partial charge in [0.1, 0.15) is 5.69 Å². The number of para-hydroxylation sites is 1. The number of ether oxygens (including phenoxy) is 1. The Balaban J connectivity index is 2.26. The molecule has 0 saturated carbocycles. The maximum Gasteiger partial charge on any atom is 0.358 e. The van der Waals surface area contributed by atoms with Crippen molar-refractivity contribution in [3.8, 4) is 16.9 Å². The minimum atomic E-state index is -0.923. The van der Waals surface area contributed by atoms with E-state index in [0.29, 0.717) is 18.6 Å². The molecule has 0 aliphatic carbocycles. The average molecular weight is 399 g/mol. The van der Waals surface area contributed by atoms with Gasteiger partial charge >= 0.3 is 16.9 Å². The summed E-state index contributed by atoms with van der Waals surface area (Å²) < 4.78 is 8.70. The summed E-state index contributed by atoms with van der Waals surface area (Å²) in [6.07, 6.45) is 3.44. The van der Waals surface area contributed by atoms with E-state index in [9.17, 15) is 19.7 Å². The number of hydrogen-bond donors (Lipinski definition) is 0. The molecule has 10 nitrogen and oxygen atoms in total. The first-order chi connectivity index (χ1) is 14.0. The number of hydrogen-bond acceptors (Lipinski definition) is 6. The van der Waals surface area contributed by atoms with Crippen LogP contribution in [0.1, 0.15) is 13.3 Å². The fourth-order valence-corrected chi connectivity index (χ4v) is 3.16. The maximum atomic E-state index is 12.9. The number of nitrogens with zero attached hydrogens (tertiary/aromatic N) is 5. The largest absolute Gasteiger partial charge is 0.385 e. The number of rotatable bonds is 8. The molecular weight excluding hydrogens is 378 g/mol. The quantitative estimate of drug-likeness (QED) is 0.324. The highest BCUT2D eigenvalue weighted by atomic mass is 16.6. The molecule has 0 fully saturated rings. The fourth-order valence-electron chi connectivity index (χ4n) is 3.16. The summed E-state index contributed by atoms with van der Waals surface area (Å²) >= 11 is 0. The maximum absolute atomic E-state index is 12.9. The second-order valence-electron chi connectivity index (χ2n) is 6.29. The lowest BCUT2D eigenvalue weighted by Gasteiger charge is -2.14. The van der Waals surface area contributed by atoms with Crippen molar-refractivity contribution < 1.29 is 9.66 Å². The van der Waals surface area contributed by atoms with Crippen molar-refractivity contribution in [3.63, 3.8) is 0 Å². The van der Waals surface area contributed by atoms with Gasteiger partial charge in [0, 0.05) is 38.6 Å². The summed E-state index contributed by atoms with van der Waals surface area (Å²) in [6.45, 7) is 2.17. The average Bonchev–Trinajstić information content (AvgIpc) is 3.20. The zero-order valence-corrected chi connectivity index (χ0v) is 16.1. The monoisotopic (exact) mass is 399 g/mol. The Bertz CT molecular complexity index is 1130. The lowest BCUT2D eigenvalue weighted by Crippen LogP contribution is -2.41. The highest BCUT2D eigenvalue weighted by Crippen LogP contribution is 2.26. The highest BCUT2D eigenvalue weighted by Gasteiger charge is 2.29. The number of nitro groups is 1. The Morgan fingerprint density at radius 3 is 2.52 bits per heavy atom. The van der Waals surface area contributed by atoms with Gasteiger partial charge in [0.15, 0.2) is 0 Å². The van der Waals surface area contributed by atoms with E-state index in [4.69, 9.17) is 4.74 Å². The Kier molecular flexibility index (Phi) is 6.03. The number of aromatic nitrogens is 4. The van der Waals surface area contributed by atoms with Gasteiger partial charge in [0.25, 0.3) is 0 Å². The third kappa shape index (κ3) is 3.87. The first-order valence-electron chi connectivity index (χ1n) is 9.11. The topological polar surface area (TPSA) is 114 Å². The third-order valence-electron chi connectivity index (χ3n) is 4.51. The van der Waals surface area contributed by atoms with Crippen LogP contribution < -0.4 is 11.2 Å². The van der Waals surface area contributed by atoms with Crippen molar-refractivity contribution in [2.45, 2.75) is 26.4 Å². The van der Waals surface area contributed by atoms with E-state index in [2.05, 4.69) is 5.10 Å².